The maximum absolute atomic E-state index is 11.9. The summed E-state index contributed by atoms with van der Waals surface area (Å²) in [5.41, 5.74) is 7.28. The number of nitrogens with one attached hydrogen (secondary N) is 1. The van der Waals surface area contributed by atoms with Crippen LogP contribution in [0.2, 0.25) is 10.0 Å². The van der Waals surface area contributed by atoms with Crippen molar-refractivity contribution < 1.29 is 4.79 Å². The second kappa shape index (κ2) is 8.91. The van der Waals surface area contributed by atoms with Gasteiger partial charge in [-0.2, -0.15) is 5.10 Å². The molecular formula is C22H20Cl2N6O. The van der Waals surface area contributed by atoms with E-state index in [9.17, 15) is 4.79 Å². The Hall–Kier alpha value is -3.16. The number of aromatic nitrogens is 4. The van der Waals surface area contributed by atoms with Crippen LogP contribution in [0, 0.1) is 5.92 Å². The Bertz CT molecular complexity index is 1220. The second-order valence-electron chi connectivity index (χ2n) is 7.22. The van der Waals surface area contributed by atoms with Gasteiger partial charge in [0.25, 0.3) is 0 Å². The van der Waals surface area contributed by atoms with Gasteiger partial charge in [-0.3, -0.25) is 9.48 Å². The molecule has 1 saturated carbocycles. The van der Waals surface area contributed by atoms with Crippen LogP contribution in [0.25, 0.3) is 22.0 Å². The van der Waals surface area contributed by atoms with Gasteiger partial charge in [-0.05, 0) is 48.6 Å². The highest BCUT2D eigenvalue weighted by atomic mass is 35.5. The molecule has 3 heterocycles. The minimum absolute atomic E-state index is 0.00301. The maximum atomic E-state index is 11.9. The number of hydrogen-bond donors (Lipinski definition) is 2. The number of anilines is 2. The standard InChI is InChI=1S/C18H14Cl2N4O.C4H6N2/c19-12-2-1-3-13(20)16(12)14-6-10-7-15(24-18(25)9-4-5-9)22-8-11(10)17(21)23-14;1-6-4-2-3-5-6/h1-3,6-9H,4-5H2,(H2,21,23)(H,22,24,25);2-4H,1H3. The zero-order chi connectivity index (χ0) is 22.0. The fraction of sp³-hybridized carbons (Fsp3) is 0.182. The van der Waals surface area contributed by atoms with Crippen LogP contribution in [0.4, 0.5) is 11.6 Å². The average molecular weight is 455 g/mol. The molecule has 4 aromatic rings. The van der Waals surface area contributed by atoms with E-state index in [2.05, 4.69) is 20.4 Å². The lowest BCUT2D eigenvalue weighted by Gasteiger charge is -2.10. The Morgan fingerprint density at radius 2 is 1.94 bits per heavy atom. The number of carbonyl (C=O) groups excluding carboxylic acids is 1. The molecule has 5 rings (SSSR count). The number of halogens is 2. The summed E-state index contributed by atoms with van der Waals surface area (Å²) < 4.78 is 1.75. The van der Waals surface area contributed by atoms with E-state index in [1.54, 1.807) is 41.3 Å². The predicted octanol–water partition coefficient (Wildman–Crippen LogP) is 4.95. The van der Waals surface area contributed by atoms with Crippen molar-refractivity contribution in [2.24, 2.45) is 13.0 Å². The zero-order valence-corrected chi connectivity index (χ0v) is 18.2. The maximum Gasteiger partial charge on any atom is 0.228 e. The first-order valence-electron chi connectivity index (χ1n) is 9.67. The first kappa shape index (κ1) is 21.1. The van der Waals surface area contributed by atoms with Crippen molar-refractivity contribution in [2.75, 3.05) is 11.1 Å². The third-order valence-corrected chi connectivity index (χ3v) is 5.43. The van der Waals surface area contributed by atoms with E-state index in [0.29, 0.717) is 38.3 Å². The van der Waals surface area contributed by atoms with Crippen LogP contribution in [-0.4, -0.2) is 25.7 Å². The van der Waals surface area contributed by atoms with Crippen molar-refractivity contribution in [3.8, 4) is 11.3 Å². The molecule has 1 aromatic carbocycles. The molecule has 1 amide bonds. The lowest BCUT2D eigenvalue weighted by atomic mass is 10.1. The van der Waals surface area contributed by atoms with Crippen molar-refractivity contribution in [3.05, 3.63) is 65.0 Å². The summed E-state index contributed by atoms with van der Waals surface area (Å²) in [6.45, 7) is 0. The van der Waals surface area contributed by atoms with Gasteiger partial charge in [-0.15, -0.1) is 0 Å². The van der Waals surface area contributed by atoms with Gasteiger partial charge in [-0.1, -0.05) is 29.3 Å². The molecule has 1 aliphatic carbocycles. The Morgan fingerprint density at radius 3 is 2.52 bits per heavy atom. The molecule has 0 unspecified atom stereocenters. The van der Waals surface area contributed by atoms with Crippen molar-refractivity contribution >= 4 is 51.5 Å². The Balaban J connectivity index is 0.000000334. The fourth-order valence-corrected chi connectivity index (χ4v) is 3.62. The Morgan fingerprint density at radius 1 is 1.19 bits per heavy atom. The van der Waals surface area contributed by atoms with E-state index in [0.717, 1.165) is 18.2 Å². The van der Waals surface area contributed by atoms with Gasteiger partial charge in [-0.25, -0.2) is 9.97 Å². The molecule has 158 valence electrons. The number of fused-ring (bicyclic) bond motifs is 1. The Kier molecular flexibility index (Phi) is 6.06. The minimum atomic E-state index is 0.00301. The molecule has 1 fully saturated rings. The van der Waals surface area contributed by atoms with Crippen LogP contribution in [-0.2, 0) is 11.8 Å². The van der Waals surface area contributed by atoms with E-state index < -0.39 is 0 Å². The van der Waals surface area contributed by atoms with Crippen molar-refractivity contribution in [1.29, 1.82) is 0 Å². The summed E-state index contributed by atoms with van der Waals surface area (Å²) in [5.74, 6) is 0.933. The minimum Gasteiger partial charge on any atom is -0.383 e. The molecule has 31 heavy (non-hydrogen) atoms. The number of nitrogens with two attached hydrogens (primary N) is 1. The molecule has 1 aliphatic rings. The SMILES string of the molecule is Cn1cccn1.Nc1nc(-c2c(Cl)cccc2Cl)cc2cc(NC(=O)C3CC3)ncc12. The lowest BCUT2D eigenvalue weighted by molar-refractivity contribution is -0.117. The highest BCUT2D eigenvalue weighted by molar-refractivity contribution is 6.39. The van der Waals surface area contributed by atoms with E-state index in [1.807, 2.05) is 25.4 Å². The highest BCUT2D eigenvalue weighted by Crippen LogP contribution is 2.36. The predicted molar refractivity (Wildman–Crippen MR) is 124 cm³/mol. The van der Waals surface area contributed by atoms with Gasteiger partial charge in [0.15, 0.2) is 0 Å². The largest absolute Gasteiger partial charge is 0.383 e. The molecule has 0 aliphatic heterocycles. The topological polar surface area (TPSA) is 98.7 Å². The van der Waals surface area contributed by atoms with E-state index in [-0.39, 0.29) is 11.8 Å². The number of amides is 1. The summed E-state index contributed by atoms with van der Waals surface area (Å²) >= 11 is 12.5. The van der Waals surface area contributed by atoms with E-state index >= 15 is 0 Å². The van der Waals surface area contributed by atoms with Gasteiger partial charge in [0.1, 0.15) is 11.6 Å². The first-order valence-corrected chi connectivity index (χ1v) is 10.4. The number of aryl methyl sites for hydroxylation is 1. The van der Waals surface area contributed by atoms with Gasteiger partial charge < -0.3 is 11.1 Å². The number of pyridine rings is 2. The third-order valence-electron chi connectivity index (χ3n) is 4.80. The molecule has 0 atom stereocenters. The summed E-state index contributed by atoms with van der Waals surface area (Å²) in [5, 5.41) is 9.17. The molecule has 0 saturated heterocycles. The normalized spacial score (nSPS) is 12.9. The quantitative estimate of drug-likeness (QED) is 0.455. The van der Waals surface area contributed by atoms with Crippen LogP contribution in [0.1, 0.15) is 12.8 Å². The molecular weight excluding hydrogens is 435 g/mol. The van der Waals surface area contributed by atoms with Gasteiger partial charge >= 0.3 is 0 Å². The summed E-state index contributed by atoms with van der Waals surface area (Å²) in [7, 11) is 1.89. The number of carbonyl (C=O) groups is 1. The second-order valence-corrected chi connectivity index (χ2v) is 8.04. The Labute approximate surface area is 189 Å². The van der Waals surface area contributed by atoms with Crippen molar-refractivity contribution in [3.63, 3.8) is 0 Å². The first-order chi connectivity index (χ1) is 14.9. The number of nitrogens with zero attached hydrogens (tertiary/aromatic N) is 4. The molecule has 0 spiro atoms. The van der Waals surface area contributed by atoms with E-state index in [1.165, 1.54) is 0 Å². The number of benzene rings is 1. The smallest absolute Gasteiger partial charge is 0.228 e. The number of hydrogen-bond acceptors (Lipinski definition) is 5. The summed E-state index contributed by atoms with van der Waals surface area (Å²) in [4.78, 5) is 20.6. The summed E-state index contributed by atoms with van der Waals surface area (Å²) in [6.07, 6.45) is 7.12. The highest BCUT2D eigenvalue weighted by Gasteiger charge is 2.29. The van der Waals surface area contributed by atoms with Crippen LogP contribution in [0.15, 0.2) is 55.0 Å². The van der Waals surface area contributed by atoms with Crippen molar-refractivity contribution in [2.45, 2.75) is 12.8 Å². The molecule has 3 N–H and O–H groups in total. The molecule has 3 aromatic heterocycles. The number of rotatable bonds is 3. The van der Waals surface area contributed by atoms with Crippen LogP contribution < -0.4 is 11.1 Å². The molecule has 0 radical (unpaired) electrons. The van der Waals surface area contributed by atoms with Crippen molar-refractivity contribution in [1.82, 2.24) is 19.7 Å². The zero-order valence-electron chi connectivity index (χ0n) is 16.7. The van der Waals surface area contributed by atoms with E-state index in [4.69, 9.17) is 28.9 Å². The van der Waals surface area contributed by atoms with Gasteiger partial charge in [0, 0.05) is 42.5 Å². The number of nitrogen functional groups attached to an aromatic ring is 1. The average Bonchev–Trinajstić information content (AvgIpc) is 3.48. The molecule has 7 nitrogen and oxygen atoms in total. The molecule has 9 heteroatoms. The van der Waals surface area contributed by atoms with Crippen LogP contribution in [0.3, 0.4) is 0 Å². The van der Waals surface area contributed by atoms with Crippen LogP contribution >= 0.6 is 23.2 Å². The lowest BCUT2D eigenvalue weighted by Crippen LogP contribution is -2.14. The van der Waals surface area contributed by atoms with Gasteiger partial charge in [0.05, 0.1) is 15.7 Å². The fourth-order valence-electron chi connectivity index (χ4n) is 3.03. The van der Waals surface area contributed by atoms with Gasteiger partial charge in [0.2, 0.25) is 5.91 Å². The monoisotopic (exact) mass is 454 g/mol. The third kappa shape index (κ3) is 4.95. The van der Waals surface area contributed by atoms with Crippen LogP contribution in [0.5, 0.6) is 0 Å². The summed E-state index contributed by atoms with van der Waals surface area (Å²) in [6, 6.07) is 10.8. The molecule has 0 bridgehead atoms.